The van der Waals surface area contributed by atoms with Crippen molar-refractivity contribution in [1.29, 1.82) is 0 Å². The molecule has 1 amide bonds. The predicted octanol–water partition coefficient (Wildman–Crippen LogP) is 4.20. The molecule has 0 bridgehead atoms. The number of carbonyl (C=O) groups is 1. The Morgan fingerprint density at radius 2 is 1.70 bits per heavy atom. The van der Waals surface area contributed by atoms with Gasteiger partial charge in [0.1, 0.15) is 5.69 Å². The number of benzene rings is 2. The van der Waals surface area contributed by atoms with Crippen molar-refractivity contribution in [3.63, 3.8) is 0 Å². The van der Waals surface area contributed by atoms with Crippen LogP contribution in [0, 0.1) is 13.8 Å². The average Bonchev–Trinajstić information content (AvgIpc) is 2.67. The lowest BCUT2D eigenvalue weighted by Crippen LogP contribution is -2.26. The molecular formula is C22H24N4O. The first-order chi connectivity index (χ1) is 13.1. The number of hydrogen-bond donors (Lipinski definition) is 2. The molecule has 3 aromatic rings. The van der Waals surface area contributed by atoms with E-state index in [9.17, 15) is 4.79 Å². The minimum Gasteiger partial charge on any atom is -0.351 e. The van der Waals surface area contributed by atoms with Crippen LogP contribution in [-0.2, 0) is 6.42 Å². The SMILES string of the molecule is Cc1cc(C(=O)NCCCc2ccccc2)nc(Nc2ccccc2C)n1. The van der Waals surface area contributed by atoms with Crippen molar-refractivity contribution in [3.05, 3.63) is 83.2 Å². The number of amides is 1. The van der Waals surface area contributed by atoms with E-state index in [1.807, 2.05) is 56.3 Å². The van der Waals surface area contributed by atoms with Gasteiger partial charge >= 0.3 is 0 Å². The van der Waals surface area contributed by atoms with E-state index < -0.39 is 0 Å². The summed E-state index contributed by atoms with van der Waals surface area (Å²) in [5, 5.41) is 6.14. The molecule has 2 aromatic carbocycles. The number of rotatable bonds is 7. The monoisotopic (exact) mass is 360 g/mol. The van der Waals surface area contributed by atoms with E-state index in [4.69, 9.17) is 0 Å². The van der Waals surface area contributed by atoms with Crippen LogP contribution in [0.3, 0.4) is 0 Å². The lowest BCUT2D eigenvalue weighted by Gasteiger charge is -2.10. The third kappa shape index (κ3) is 5.38. The maximum Gasteiger partial charge on any atom is 0.270 e. The normalized spacial score (nSPS) is 10.4. The quantitative estimate of drug-likeness (QED) is 0.620. The van der Waals surface area contributed by atoms with E-state index in [1.165, 1.54) is 5.56 Å². The van der Waals surface area contributed by atoms with Gasteiger partial charge in [0.2, 0.25) is 5.95 Å². The predicted molar refractivity (Wildman–Crippen MR) is 108 cm³/mol. The molecule has 0 radical (unpaired) electrons. The van der Waals surface area contributed by atoms with Crippen molar-refractivity contribution >= 4 is 17.5 Å². The first-order valence-electron chi connectivity index (χ1n) is 9.12. The fourth-order valence-corrected chi connectivity index (χ4v) is 2.80. The molecule has 27 heavy (non-hydrogen) atoms. The topological polar surface area (TPSA) is 66.9 Å². The van der Waals surface area contributed by atoms with Gasteiger partial charge in [0.05, 0.1) is 0 Å². The van der Waals surface area contributed by atoms with Crippen LogP contribution in [0.1, 0.15) is 33.7 Å². The van der Waals surface area contributed by atoms with Crippen molar-refractivity contribution in [2.24, 2.45) is 0 Å². The van der Waals surface area contributed by atoms with Gasteiger partial charge in [0.15, 0.2) is 0 Å². The number of aryl methyl sites for hydroxylation is 3. The van der Waals surface area contributed by atoms with Crippen molar-refractivity contribution in [3.8, 4) is 0 Å². The van der Waals surface area contributed by atoms with Crippen LogP contribution in [0.4, 0.5) is 11.6 Å². The summed E-state index contributed by atoms with van der Waals surface area (Å²) in [4.78, 5) is 21.2. The van der Waals surface area contributed by atoms with Crippen LogP contribution in [0.15, 0.2) is 60.7 Å². The average molecular weight is 360 g/mol. The standard InChI is InChI=1S/C22H24N4O/c1-16-9-6-7-13-19(16)25-22-24-17(2)15-20(26-22)21(27)23-14-8-12-18-10-4-3-5-11-18/h3-7,9-11,13,15H,8,12,14H2,1-2H3,(H,23,27)(H,24,25,26). The molecule has 0 aliphatic rings. The number of nitrogens with one attached hydrogen (secondary N) is 2. The Kier molecular flexibility index (Phi) is 6.15. The van der Waals surface area contributed by atoms with E-state index in [-0.39, 0.29) is 5.91 Å². The van der Waals surface area contributed by atoms with Crippen LogP contribution in [-0.4, -0.2) is 22.4 Å². The fraction of sp³-hybridized carbons (Fsp3) is 0.227. The van der Waals surface area contributed by atoms with Crippen LogP contribution >= 0.6 is 0 Å². The number of hydrogen-bond acceptors (Lipinski definition) is 4. The van der Waals surface area contributed by atoms with Gasteiger partial charge in [-0.25, -0.2) is 9.97 Å². The summed E-state index contributed by atoms with van der Waals surface area (Å²) in [5.41, 5.74) is 4.41. The molecule has 5 heteroatoms. The molecule has 0 spiro atoms. The fourth-order valence-electron chi connectivity index (χ4n) is 2.80. The summed E-state index contributed by atoms with van der Waals surface area (Å²) >= 11 is 0. The molecule has 1 aromatic heterocycles. The maximum atomic E-state index is 12.5. The molecule has 1 heterocycles. The first-order valence-corrected chi connectivity index (χ1v) is 9.12. The number of para-hydroxylation sites is 1. The number of carbonyl (C=O) groups excluding carboxylic acids is 1. The number of aromatic nitrogens is 2. The lowest BCUT2D eigenvalue weighted by atomic mass is 10.1. The second-order valence-electron chi connectivity index (χ2n) is 6.50. The highest BCUT2D eigenvalue weighted by Crippen LogP contribution is 2.18. The van der Waals surface area contributed by atoms with Gasteiger partial charge in [-0.3, -0.25) is 4.79 Å². The molecule has 0 unspecified atom stereocenters. The number of anilines is 2. The van der Waals surface area contributed by atoms with Crippen LogP contribution < -0.4 is 10.6 Å². The largest absolute Gasteiger partial charge is 0.351 e. The summed E-state index contributed by atoms with van der Waals surface area (Å²) < 4.78 is 0. The van der Waals surface area contributed by atoms with E-state index >= 15 is 0 Å². The molecule has 0 saturated carbocycles. The van der Waals surface area contributed by atoms with E-state index in [2.05, 4.69) is 32.7 Å². The van der Waals surface area contributed by atoms with E-state index in [0.717, 1.165) is 29.8 Å². The van der Waals surface area contributed by atoms with Crippen molar-refractivity contribution < 1.29 is 4.79 Å². The molecule has 3 rings (SSSR count). The van der Waals surface area contributed by atoms with Gasteiger partial charge in [0, 0.05) is 17.9 Å². The minimum absolute atomic E-state index is 0.179. The highest BCUT2D eigenvalue weighted by atomic mass is 16.1. The van der Waals surface area contributed by atoms with Gasteiger partial charge in [-0.2, -0.15) is 0 Å². The van der Waals surface area contributed by atoms with Crippen LogP contribution in [0.5, 0.6) is 0 Å². The molecule has 5 nitrogen and oxygen atoms in total. The van der Waals surface area contributed by atoms with Crippen LogP contribution in [0.25, 0.3) is 0 Å². The molecular weight excluding hydrogens is 336 g/mol. The Labute approximate surface area is 159 Å². The molecule has 0 fully saturated rings. The summed E-state index contributed by atoms with van der Waals surface area (Å²) in [6.45, 7) is 4.48. The summed E-state index contributed by atoms with van der Waals surface area (Å²) in [6.07, 6.45) is 1.82. The summed E-state index contributed by atoms with van der Waals surface area (Å²) in [6, 6.07) is 19.9. The molecule has 0 atom stereocenters. The summed E-state index contributed by atoms with van der Waals surface area (Å²) in [7, 11) is 0. The maximum absolute atomic E-state index is 12.5. The zero-order chi connectivity index (χ0) is 19.1. The van der Waals surface area contributed by atoms with Gasteiger partial charge < -0.3 is 10.6 Å². The van der Waals surface area contributed by atoms with Gasteiger partial charge in [-0.1, -0.05) is 48.5 Å². The third-order valence-electron chi connectivity index (χ3n) is 4.25. The zero-order valence-electron chi connectivity index (χ0n) is 15.7. The lowest BCUT2D eigenvalue weighted by molar-refractivity contribution is 0.0948. The summed E-state index contributed by atoms with van der Waals surface area (Å²) in [5.74, 6) is 0.250. The Balaban J connectivity index is 1.59. The Morgan fingerprint density at radius 1 is 0.963 bits per heavy atom. The molecule has 0 aliphatic heterocycles. The van der Waals surface area contributed by atoms with Gasteiger partial charge in [-0.15, -0.1) is 0 Å². The minimum atomic E-state index is -0.179. The zero-order valence-corrected chi connectivity index (χ0v) is 15.7. The molecule has 0 saturated heterocycles. The van der Waals surface area contributed by atoms with Crippen molar-refractivity contribution in [2.75, 3.05) is 11.9 Å². The Bertz CT molecular complexity index is 909. The molecule has 0 aliphatic carbocycles. The second-order valence-corrected chi connectivity index (χ2v) is 6.50. The third-order valence-corrected chi connectivity index (χ3v) is 4.25. The Hall–Kier alpha value is -3.21. The smallest absolute Gasteiger partial charge is 0.270 e. The van der Waals surface area contributed by atoms with Gasteiger partial charge in [0.25, 0.3) is 5.91 Å². The Morgan fingerprint density at radius 3 is 2.48 bits per heavy atom. The molecule has 2 N–H and O–H groups in total. The second kappa shape index (κ2) is 8.94. The van der Waals surface area contributed by atoms with E-state index in [1.54, 1.807) is 6.07 Å². The number of nitrogens with zero attached hydrogens (tertiary/aromatic N) is 2. The van der Waals surface area contributed by atoms with E-state index in [0.29, 0.717) is 18.2 Å². The van der Waals surface area contributed by atoms with Crippen LogP contribution in [0.2, 0.25) is 0 Å². The van der Waals surface area contributed by atoms with Crippen molar-refractivity contribution in [2.45, 2.75) is 26.7 Å². The van der Waals surface area contributed by atoms with Crippen molar-refractivity contribution in [1.82, 2.24) is 15.3 Å². The first kappa shape index (κ1) is 18.6. The highest BCUT2D eigenvalue weighted by Gasteiger charge is 2.11. The molecule has 138 valence electrons. The highest BCUT2D eigenvalue weighted by molar-refractivity contribution is 5.92. The van der Waals surface area contributed by atoms with Gasteiger partial charge in [-0.05, 0) is 49.9 Å².